The highest BCUT2D eigenvalue weighted by molar-refractivity contribution is 9.10. The molecule has 0 saturated carbocycles. The number of nitrogens with one attached hydrogen (secondary N) is 1. The highest BCUT2D eigenvalue weighted by Crippen LogP contribution is 2.29. The maximum absolute atomic E-state index is 12.3. The van der Waals surface area contributed by atoms with Crippen LogP contribution in [0, 0.1) is 11.3 Å². The summed E-state index contributed by atoms with van der Waals surface area (Å²) in [4.78, 5) is 12.3. The Labute approximate surface area is 130 Å². The third-order valence-corrected chi connectivity index (χ3v) is 3.59. The maximum Gasteiger partial charge on any atom is 0.255 e. The smallest absolute Gasteiger partial charge is 0.255 e. The fourth-order valence-corrected chi connectivity index (χ4v) is 2.04. The summed E-state index contributed by atoms with van der Waals surface area (Å²) in [6.07, 6.45) is 0. The van der Waals surface area contributed by atoms with Crippen LogP contribution in [0.15, 0.2) is 40.9 Å². The van der Waals surface area contributed by atoms with Gasteiger partial charge in [-0.3, -0.25) is 4.79 Å². The number of nitriles is 1. The minimum atomic E-state index is -0.366. The van der Waals surface area contributed by atoms with Crippen molar-refractivity contribution in [3.8, 4) is 11.8 Å². The van der Waals surface area contributed by atoms with Crippen LogP contribution in [0.4, 0.5) is 11.4 Å². The van der Waals surface area contributed by atoms with Gasteiger partial charge in [-0.1, -0.05) is 6.07 Å². The lowest BCUT2D eigenvalue weighted by Gasteiger charge is -2.12. The van der Waals surface area contributed by atoms with E-state index in [4.69, 9.17) is 15.7 Å². The average Bonchev–Trinajstić information content (AvgIpc) is 2.50. The summed E-state index contributed by atoms with van der Waals surface area (Å²) in [6, 6.07) is 11.9. The SMILES string of the molecule is COc1cccc(C#N)c1NC(=O)c1ccc(Br)c(N)c1. The fourth-order valence-electron chi connectivity index (χ4n) is 1.79. The van der Waals surface area contributed by atoms with Gasteiger partial charge in [0.25, 0.3) is 5.91 Å². The van der Waals surface area contributed by atoms with Crippen LogP contribution in [0.3, 0.4) is 0 Å². The molecule has 0 aliphatic rings. The number of nitrogen functional groups attached to an aromatic ring is 1. The predicted molar refractivity (Wildman–Crippen MR) is 84.2 cm³/mol. The molecule has 2 aromatic carbocycles. The Morgan fingerprint density at radius 1 is 1.38 bits per heavy atom. The molecule has 0 spiro atoms. The third kappa shape index (κ3) is 3.15. The van der Waals surface area contributed by atoms with Gasteiger partial charge in [0.05, 0.1) is 12.7 Å². The first-order valence-electron chi connectivity index (χ1n) is 6.00. The first-order valence-corrected chi connectivity index (χ1v) is 6.79. The fraction of sp³-hybridized carbons (Fsp3) is 0.0667. The number of amides is 1. The van der Waals surface area contributed by atoms with Gasteiger partial charge < -0.3 is 15.8 Å². The van der Waals surface area contributed by atoms with Crippen LogP contribution in [0.2, 0.25) is 0 Å². The quantitative estimate of drug-likeness (QED) is 0.836. The number of para-hydroxylation sites is 1. The van der Waals surface area contributed by atoms with Gasteiger partial charge in [0.1, 0.15) is 17.5 Å². The van der Waals surface area contributed by atoms with Crippen molar-refractivity contribution in [2.75, 3.05) is 18.2 Å². The Morgan fingerprint density at radius 2 is 2.14 bits per heavy atom. The van der Waals surface area contributed by atoms with Crippen LogP contribution in [0.5, 0.6) is 5.75 Å². The molecule has 2 rings (SSSR count). The second-order valence-electron chi connectivity index (χ2n) is 4.19. The van der Waals surface area contributed by atoms with Crippen molar-refractivity contribution in [3.05, 3.63) is 52.0 Å². The van der Waals surface area contributed by atoms with E-state index >= 15 is 0 Å². The van der Waals surface area contributed by atoms with E-state index in [9.17, 15) is 4.79 Å². The zero-order valence-corrected chi connectivity index (χ0v) is 12.8. The molecule has 0 bridgehead atoms. The maximum atomic E-state index is 12.3. The molecule has 0 heterocycles. The summed E-state index contributed by atoms with van der Waals surface area (Å²) in [5, 5.41) is 11.8. The zero-order valence-electron chi connectivity index (χ0n) is 11.2. The van der Waals surface area contributed by atoms with Gasteiger partial charge in [0.2, 0.25) is 0 Å². The molecule has 6 heteroatoms. The molecule has 0 atom stereocenters. The average molecular weight is 346 g/mol. The monoisotopic (exact) mass is 345 g/mol. The topological polar surface area (TPSA) is 88.1 Å². The number of rotatable bonds is 3. The summed E-state index contributed by atoms with van der Waals surface area (Å²) in [7, 11) is 1.48. The molecule has 1 amide bonds. The number of carbonyl (C=O) groups is 1. The Balaban J connectivity index is 2.36. The summed E-state index contributed by atoms with van der Waals surface area (Å²) in [6.45, 7) is 0. The van der Waals surface area contributed by atoms with Crippen molar-refractivity contribution in [2.24, 2.45) is 0 Å². The molecular weight excluding hydrogens is 334 g/mol. The number of nitrogens with zero attached hydrogens (tertiary/aromatic N) is 1. The van der Waals surface area contributed by atoms with Gasteiger partial charge in [0, 0.05) is 15.7 Å². The second kappa shape index (κ2) is 6.29. The Morgan fingerprint density at radius 3 is 2.76 bits per heavy atom. The number of hydrogen-bond donors (Lipinski definition) is 2. The molecule has 0 radical (unpaired) electrons. The zero-order chi connectivity index (χ0) is 15.4. The molecule has 0 saturated heterocycles. The lowest BCUT2D eigenvalue weighted by atomic mass is 10.1. The van der Waals surface area contributed by atoms with E-state index in [0.717, 1.165) is 0 Å². The molecular formula is C15H12BrN3O2. The summed E-state index contributed by atoms with van der Waals surface area (Å²) < 4.78 is 5.89. The van der Waals surface area contributed by atoms with Crippen LogP contribution >= 0.6 is 15.9 Å². The molecule has 0 aliphatic heterocycles. The van der Waals surface area contributed by atoms with E-state index in [1.54, 1.807) is 36.4 Å². The number of nitrogens with two attached hydrogens (primary N) is 1. The molecule has 0 fully saturated rings. The van der Waals surface area contributed by atoms with Crippen LogP contribution < -0.4 is 15.8 Å². The number of carbonyl (C=O) groups excluding carboxylic acids is 1. The van der Waals surface area contributed by atoms with E-state index in [-0.39, 0.29) is 5.91 Å². The number of benzene rings is 2. The van der Waals surface area contributed by atoms with Crippen LogP contribution in [-0.4, -0.2) is 13.0 Å². The first kappa shape index (κ1) is 14.9. The van der Waals surface area contributed by atoms with E-state index in [0.29, 0.717) is 32.7 Å². The molecule has 0 unspecified atom stereocenters. The van der Waals surface area contributed by atoms with Crippen molar-refractivity contribution >= 4 is 33.2 Å². The summed E-state index contributed by atoms with van der Waals surface area (Å²) >= 11 is 3.27. The Kier molecular flexibility index (Phi) is 4.45. The molecule has 2 aromatic rings. The number of hydrogen-bond acceptors (Lipinski definition) is 4. The minimum absolute atomic E-state index is 0.327. The summed E-state index contributed by atoms with van der Waals surface area (Å²) in [5.74, 6) is 0.0580. The first-order chi connectivity index (χ1) is 10.1. The Hall–Kier alpha value is -2.52. The number of halogens is 1. The lowest BCUT2D eigenvalue weighted by Crippen LogP contribution is -2.14. The van der Waals surface area contributed by atoms with E-state index in [1.807, 2.05) is 6.07 Å². The minimum Gasteiger partial charge on any atom is -0.495 e. The number of ether oxygens (including phenoxy) is 1. The van der Waals surface area contributed by atoms with E-state index in [1.165, 1.54) is 7.11 Å². The van der Waals surface area contributed by atoms with Gasteiger partial charge in [-0.05, 0) is 46.3 Å². The molecule has 21 heavy (non-hydrogen) atoms. The van der Waals surface area contributed by atoms with Gasteiger partial charge >= 0.3 is 0 Å². The molecule has 0 aromatic heterocycles. The lowest BCUT2D eigenvalue weighted by molar-refractivity contribution is 0.102. The highest BCUT2D eigenvalue weighted by atomic mass is 79.9. The normalized spacial score (nSPS) is 9.76. The largest absolute Gasteiger partial charge is 0.495 e. The van der Waals surface area contributed by atoms with Gasteiger partial charge in [-0.15, -0.1) is 0 Å². The predicted octanol–water partition coefficient (Wildman–Crippen LogP) is 3.16. The second-order valence-corrected chi connectivity index (χ2v) is 5.04. The number of anilines is 2. The molecule has 3 N–H and O–H groups in total. The van der Waals surface area contributed by atoms with Crippen molar-refractivity contribution in [3.63, 3.8) is 0 Å². The van der Waals surface area contributed by atoms with Crippen molar-refractivity contribution < 1.29 is 9.53 Å². The Bertz CT molecular complexity index is 738. The van der Waals surface area contributed by atoms with Crippen LogP contribution in [-0.2, 0) is 0 Å². The molecule has 5 nitrogen and oxygen atoms in total. The van der Waals surface area contributed by atoms with Crippen molar-refractivity contribution in [1.29, 1.82) is 5.26 Å². The third-order valence-electron chi connectivity index (χ3n) is 2.86. The van der Waals surface area contributed by atoms with E-state index in [2.05, 4.69) is 21.2 Å². The van der Waals surface area contributed by atoms with Crippen LogP contribution in [0.1, 0.15) is 15.9 Å². The van der Waals surface area contributed by atoms with Crippen LogP contribution in [0.25, 0.3) is 0 Å². The van der Waals surface area contributed by atoms with Crippen molar-refractivity contribution in [1.82, 2.24) is 0 Å². The number of methoxy groups -OCH3 is 1. The highest BCUT2D eigenvalue weighted by Gasteiger charge is 2.14. The summed E-state index contributed by atoms with van der Waals surface area (Å²) in [5.41, 5.74) is 7.28. The molecule has 106 valence electrons. The van der Waals surface area contributed by atoms with Gasteiger partial charge in [-0.2, -0.15) is 5.26 Å². The molecule has 0 aliphatic carbocycles. The van der Waals surface area contributed by atoms with Gasteiger partial charge in [0.15, 0.2) is 0 Å². The van der Waals surface area contributed by atoms with Crippen molar-refractivity contribution in [2.45, 2.75) is 0 Å². The van der Waals surface area contributed by atoms with E-state index < -0.39 is 0 Å². The standard InChI is InChI=1S/C15H12BrN3O2/c1-21-13-4-2-3-10(8-17)14(13)19-15(20)9-5-6-11(16)12(18)7-9/h2-7H,18H2,1H3,(H,19,20). The van der Waals surface area contributed by atoms with Gasteiger partial charge in [-0.25, -0.2) is 0 Å².